The fourth-order valence-electron chi connectivity index (χ4n) is 3.48. The van der Waals surface area contributed by atoms with E-state index in [0.29, 0.717) is 24.1 Å². The third kappa shape index (κ3) is 6.83. The molecule has 9 heteroatoms. The molecule has 0 radical (unpaired) electrons. The smallest absolute Gasteiger partial charge is 0.195 e. The molecule has 3 rings (SSSR count). The highest BCUT2D eigenvalue weighted by Gasteiger charge is 2.10. The van der Waals surface area contributed by atoms with E-state index in [1.165, 1.54) is 0 Å². The van der Waals surface area contributed by atoms with E-state index in [0.717, 1.165) is 53.2 Å². The van der Waals surface area contributed by atoms with E-state index in [4.69, 9.17) is 18.9 Å². The lowest BCUT2D eigenvalue weighted by molar-refractivity contribution is 0.311. The van der Waals surface area contributed by atoms with Gasteiger partial charge in [-0.15, -0.1) is 24.0 Å². The van der Waals surface area contributed by atoms with Crippen LogP contribution in [0, 0.1) is 0 Å². The first-order valence-corrected chi connectivity index (χ1v) is 10.6. The van der Waals surface area contributed by atoms with E-state index in [2.05, 4.69) is 26.7 Å². The summed E-state index contributed by atoms with van der Waals surface area (Å²) >= 11 is 0. The summed E-state index contributed by atoms with van der Waals surface area (Å²) in [5, 5.41) is 7.70. The Labute approximate surface area is 212 Å². The number of aliphatic imine (C=N–C) groups is 1. The van der Waals surface area contributed by atoms with Crippen LogP contribution < -0.4 is 29.6 Å². The third-order valence-electron chi connectivity index (χ3n) is 5.05. The van der Waals surface area contributed by atoms with E-state index in [-0.39, 0.29) is 24.0 Å². The SMILES string of the molecule is CCOc1cc(NC(=NC)NCCCc2cc3c(OC)cc(OC)cc3[nH]2)ccc1OC.I. The minimum absolute atomic E-state index is 0. The maximum Gasteiger partial charge on any atom is 0.195 e. The number of aryl methyl sites for hydroxylation is 1. The second-order valence-electron chi connectivity index (χ2n) is 7.11. The third-order valence-corrected chi connectivity index (χ3v) is 5.05. The van der Waals surface area contributed by atoms with Crippen LogP contribution >= 0.6 is 24.0 Å². The van der Waals surface area contributed by atoms with Crippen LogP contribution in [-0.2, 0) is 6.42 Å². The summed E-state index contributed by atoms with van der Waals surface area (Å²) in [6.07, 6.45) is 1.82. The van der Waals surface area contributed by atoms with Gasteiger partial charge in [-0.05, 0) is 38.0 Å². The number of anilines is 1. The van der Waals surface area contributed by atoms with Gasteiger partial charge in [0.1, 0.15) is 11.5 Å². The van der Waals surface area contributed by atoms with Crippen molar-refractivity contribution in [2.45, 2.75) is 19.8 Å². The molecule has 0 fully saturated rings. The fourth-order valence-corrected chi connectivity index (χ4v) is 3.48. The van der Waals surface area contributed by atoms with Crippen molar-refractivity contribution in [3.05, 3.63) is 42.1 Å². The lowest BCUT2D eigenvalue weighted by Gasteiger charge is -2.14. The monoisotopic (exact) mass is 568 g/mol. The second-order valence-corrected chi connectivity index (χ2v) is 7.11. The van der Waals surface area contributed by atoms with E-state index in [9.17, 15) is 0 Å². The minimum atomic E-state index is 0. The molecule has 180 valence electrons. The number of benzene rings is 2. The molecular formula is C24H33IN4O4. The van der Waals surface area contributed by atoms with Crippen molar-refractivity contribution in [3.8, 4) is 23.0 Å². The van der Waals surface area contributed by atoms with Crippen molar-refractivity contribution in [3.63, 3.8) is 0 Å². The van der Waals surface area contributed by atoms with Crippen molar-refractivity contribution >= 4 is 46.5 Å². The molecule has 0 aliphatic carbocycles. The van der Waals surface area contributed by atoms with Gasteiger partial charge < -0.3 is 34.6 Å². The number of aromatic amines is 1. The zero-order valence-corrected chi connectivity index (χ0v) is 22.1. The number of nitrogens with zero attached hydrogens (tertiary/aromatic N) is 1. The predicted octanol–water partition coefficient (Wildman–Crippen LogP) is 4.83. The Balaban J connectivity index is 0.00000385. The van der Waals surface area contributed by atoms with Crippen molar-refractivity contribution < 1.29 is 18.9 Å². The zero-order valence-electron chi connectivity index (χ0n) is 19.8. The number of hydrogen-bond acceptors (Lipinski definition) is 5. The molecule has 0 bridgehead atoms. The number of fused-ring (bicyclic) bond motifs is 1. The van der Waals surface area contributed by atoms with Crippen LogP contribution in [0.5, 0.6) is 23.0 Å². The maximum atomic E-state index is 5.64. The highest BCUT2D eigenvalue weighted by Crippen LogP contribution is 2.32. The van der Waals surface area contributed by atoms with Crippen LogP contribution in [-0.4, -0.2) is 52.5 Å². The largest absolute Gasteiger partial charge is 0.497 e. The van der Waals surface area contributed by atoms with Gasteiger partial charge in [0, 0.05) is 48.6 Å². The van der Waals surface area contributed by atoms with Crippen molar-refractivity contribution in [2.24, 2.45) is 4.99 Å². The molecule has 0 unspecified atom stereocenters. The lowest BCUT2D eigenvalue weighted by Crippen LogP contribution is -2.31. The first-order valence-electron chi connectivity index (χ1n) is 10.6. The lowest BCUT2D eigenvalue weighted by atomic mass is 10.2. The fraction of sp³-hybridized carbons (Fsp3) is 0.375. The molecule has 2 aromatic carbocycles. The van der Waals surface area contributed by atoms with Gasteiger partial charge in [-0.3, -0.25) is 4.99 Å². The Hall–Kier alpha value is -2.82. The summed E-state index contributed by atoms with van der Waals surface area (Å²) in [7, 11) is 6.70. The van der Waals surface area contributed by atoms with Gasteiger partial charge in [-0.25, -0.2) is 0 Å². The quantitative estimate of drug-likeness (QED) is 0.141. The minimum Gasteiger partial charge on any atom is -0.497 e. The van der Waals surface area contributed by atoms with Crippen molar-refractivity contribution in [1.29, 1.82) is 0 Å². The first kappa shape index (κ1) is 26.4. The number of aromatic nitrogens is 1. The molecule has 0 aliphatic rings. The molecule has 3 aromatic rings. The summed E-state index contributed by atoms with van der Waals surface area (Å²) in [5.74, 6) is 3.66. The number of ether oxygens (including phenoxy) is 4. The molecule has 0 saturated carbocycles. The van der Waals surface area contributed by atoms with E-state index < -0.39 is 0 Å². The normalized spacial score (nSPS) is 11.0. The van der Waals surface area contributed by atoms with Crippen LogP contribution in [0.15, 0.2) is 41.4 Å². The molecule has 1 heterocycles. The molecule has 0 atom stereocenters. The molecule has 0 aliphatic heterocycles. The van der Waals surface area contributed by atoms with Crippen molar-refractivity contribution in [2.75, 3.05) is 46.8 Å². The van der Waals surface area contributed by atoms with Crippen LogP contribution in [0.1, 0.15) is 19.0 Å². The van der Waals surface area contributed by atoms with Crippen molar-refractivity contribution in [1.82, 2.24) is 10.3 Å². The van der Waals surface area contributed by atoms with E-state index in [1.54, 1.807) is 28.4 Å². The Bertz CT molecular complexity index is 1070. The maximum absolute atomic E-state index is 5.64. The average Bonchev–Trinajstić information content (AvgIpc) is 3.23. The molecule has 0 spiro atoms. The summed E-state index contributed by atoms with van der Waals surface area (Å²) in [5.41, 5.74) is 3.03. The molecule has 0 amide bonds. The summed E-state index contributed by atoms with van der Waals surface area (Å²) in [6.45, 7) is 3.28. The van der Waals surface area contributed by atoms with Crippen LogP contribution in [0.4, 0.5) is 5.69 Å². The van der Waals surface area contributed by atoms with Gasteiger partial charge in [-0.1, -0.05) is 0 Å². The predicted molar refractivity (Wildman–Crippen MR) is 144 cm³/mol. The Morgan fingerprint density at radius 3 is 2.42 bits per heavy atom. The topological polar surface area (TPSA) is 89.1 Å². The second kappa shape index (κ2) is 13.0. The van der Waals surface area contributed by atoms with Gasteiger partial charge in [0.25, 0.3) is 0 Å². The van der Waals surface area contributed by atoms with Crippen LogP contribution in [0.3, 0.4) is 0 Å². The van der Waals surface area contributed by atoms with Gasteiger partial charge in [0.2, 0.25) is 0 Å². The Morgan fingerprint density at radius 2 is 1.76 bits per heavy atom. The van der Waals surface area contributed by atoms with Gasteiger partial charge in [-0.2, -0.15) is 0 Å². The van der Waals surface area contributed by atoms with Crippen LogP contribution in [0.25, 0.3) is 10.9 Å². The molecule has 33 heavy (non-hydrogen) atoms. The molecule has 1 aromatic heterocycles. The number of halogens is 1. The highest BCUT2D eigenvalue weighted by molar-refractivity contribution is 14.0. The van der Waals surface area contributed by atoms with Gasteiger partial charge >= 0.3 is 0 Å². The average molecular weight is 568 g/mol. The summed E-state index contributed by atoms with van der Waals surface area (Å²) in [6, 6.07) is 11.7. The van der Waals surface area contributed by atoms with E-state index in [1.807, 2.05) is 37.3 Å². The van der Waals surface area contributed by atoms with Gasteiger partial charge in [0.15, 0.2) is 17.5 Å². The van der Waals surface area contributed by atoms with Crippen LogP contribution in [0.2, 0.25) is 0 Å². The van der Waals surface area contributed by atoms with Gasteiger partial charge in [0.05, 0.1) is 33.5 Å². The highest BCUT2D eigenvalue weighted by atomic mass is 127. The number of rotatable bonds is 10. The number of H-pyrrole nitrogens is 1. The number of guanidine groups is 1. The Morgan fingerprint density at radius 1 is 0.970 bits per heavy atom. The number of methoxy groups -OCH3 is 3. The molecule has 0 saturated heterocycles. The van der Waals surface area contributed by atoms with E-state index >= 15 is 0 Å². The Kier molecular flexibility index (Phi) is 10.4. The zero-order chi connectivity index (χ0) is 22.9. The number of hydrogen-bond donors (Lipinski definition) is 3. The molecule has 3 N–H and O–H groups in total. The number of nitrogens with one attached hydrogen (secondary N) is 3. The first-order chi connectivity index (χ1) is 15.6. The standard InChI is InChI=1S/C24H32N4O4.HI/c1-6-32-23-13-17(9-10-21(23)30-4)28-24(25-2)26-11-7-8-16-12-19-20(27-16)14-18(29-3)15-22(19)31-5;/h9-10,12-15,27H,6-8,11H2,1-5H3,(H2,25,26,28);1H. The summed E-state index contributed by atoms with van der Waals surface area (Å²) in [4.78, 5) is 7.76. The summed E-state index contributed by atoms with van der Waals surface area (Å²) < 4.78 is 21.8. The molecule has 8 nitrogen and oxygen atoms in total. The molecular weight excluding hydrogens is 535 g/mol.